The molecule has 0 saturated carbocycles. The molecule has 2 rings (SSSR count). The second-order valence-corrected chi connectivity index (χ2v) is 7.85. The maximum atomic E-state index is 10.8. The molecule has 0 fully saturated rings. The Balaban J connectivity index is 2.65. The van der Waals surface area contributed by atoms with Crippen molar-refractivity contribution in [3.63, 3.8) is 0 Å². The van der Waals surface area contributed by atoms with Crippen LogP contribution in [0.3, 0.4) is 0 Å². The molecule has 2 aromatic rings. The third-order valence-corrected chi connectivity index (χ3v) is 4.82. The molecule has 7 heteroatoms. The van der Waals surface area contributed by atoms with E-state index in [1.54, 1.807) is 23.1 Å². The second kappa shape index (κ2) is 6.86. The molecule has 0 radical (unpaired) electrons. The van der Waals surface area contributed by atoms with E-state index < -0.39 is 6.10 Å². The van der Waals surface area contributed by atoms with E-state index in [2.05, 4.69) is 32.7 Å². The van der Waals surface area contributed by atoms with Crippen molar-refractivity contribution in [2.45, 2.75) is 26.9 Å². The molecule has 118 valence electrons. The SMILES string of the molecule is CC(C)(C)C(O)C(=C(I)c1ccc(Cl)cc1Cl)n1cncn1. The van der Waals surface area contributed by atoms with Crippen LogP contribution in [0.4, 0.5) is 0 Å². The minimum absolute atomic E-state index is 0.364. The van der Waals surface area contributed by atoms with Crippen LogP contribution in [0.1, 0.15) is 26.3 Å². The Morgan fingerprint density at radius 2 is 2.00 bits per heavy atom. The summed E-state index contributed by atoms with van der Waals surface area (Å²) in [5, 5.41) is 16.0. The zero-order valence-corrected chi connectivity index (χ0v) is 16.1. The van der Waals surface area contributed by atoms with Gasteiger partial charge in [0.05, 0.1) is 10.7 Å². The van der Waals surface area contributed by atoms with Crippen LogP contribution in [0.25, 0.3) is 9.28 Å². The first-order chi connectivity index (χ1) is 10.2. The lowest BCUT2D eigenvalue weighted by Crippen LogP contribution is -2.30. The van der Waals surface area contributed by atoms with Gasteiger partial charge in [-0.25, -0.2) is 9.67 Å². The van der Waals surface area contributed by atoms with Gasteiger partial charge in [0.25, 0.3) is 0 Å². The molecule has 4 nitrogen and oxygen atoms in total. The molecular formula is C15H16Cl2IN3O. The fraction of sp³-hybridized carbons (Fsp3) is 0.333. The van der Waals surface area contributed by atoms with E-state index in [-0.39, 0.29) is 5.41 Å². The van der Waals surface area contributed by atoms with Crippen LogP contribution in [-0.4, -0.2) is 26.0 Å². The van der Waals surface area contributed by atoms with Crippen molar-refractivity contribution in [3.8, 4) is 0 Å². The Labute approximate surface area is 153 Å². The van der Waals surface area contributed by atoms with Crippen molar-refractivity contribution in [2.24, 2.45) is 5.41 Å². The molecule has 0 aliphatic heterocycles. The number of benzene rings is 1. The molecule has 1 aromatic carbocycles. The second-order valence-electron chi connectivity index (χ2n) is 5.93. The van der Waals surface area contributed by atoms with Gasteiger partial charge in [-0.1, -0.05) is 50.0 Å². The van der Waals surface area contributed by atoms with E-state index in [9.17, 15) is 5.11 Å². The summed E-state index contributed by atoms with van der Waals surface area (Å²) in [5.41, 5.74) is 1.06. The first-order valence-corrected chi connectivity index (χ1v) is 8.43. The molecule has 1 unspecified atom stereocenters. The molecule has 0 spiro atoms. The van der Waals surface area contributed by atoms with Crippen molar-refractivity contribution in [1.29, 1.82) is 0 Å². The van der Waals surface area contributed by atoms with Crippen molar-refractivity contribution in [1.82, 2.24) is 14.8 Å². The van der Waals surface area contributed by atoms with Crippen LogP contribution in [-0.2, 0) is 0 Å². The Bertz CT molecular complexity index is 693. The van der Waals surface area contributed by atoms with E-state index >= 15 is 0 Å². The lowest BCUT2D eigenvalue weighted by atomic mass is 9.86. The highest BCUT2D eigenvalue weighted by molar-refractivity contribution is 14.1. The molecule has 1 atom stereocenters. The normalized spacial score (nSPS) is 14.7. The van der Waals surface area contributed by atoms with Crippen LogP contribution < -0.4 is 0 Å². The number of aliphatic hydroxyl groups is 1. The van der Waals surface area contributed by atoms with Crippen molar-refractivity contribution >= 4 is 55.1 Å². The van der Waals surface area contributed by atoms with Gasteiger partial charge in [0, 0.05) is 14.2 Å². The maximum Gasteiger partial charge on any atom is 0.138 e. The molecular weight excluding hydrogens is 436 g/mol. The fourth-order valence-corrected chi connectivity index (χ4v) is 3.57. The van der Waals surface area contributed by atoms with Crippen LogP contribution >= 0.6 is 45.8 Å². The van der Waals surface area contributed by atoms with Crippen molar-refractivity contribution in [3.05, 3.63) is 46.5 Å². The van der Waals surface area contributed by atoms with E-state index in [1.165, 1.54) is 6.33 Å². The average Bonchev–Trinajstić information content (AvgIpc) is 2.91. The molecule has 1 aromatic heterocycles. The first-order valence-electron chi connectivity index (χ1n) is 6.60. The predicted octanol–water partition coefficient (Wildman–Crippen LogP) is 4.75. The topological polar surface area (TPSA) is 50.9 Å². The number of aliphatic hydroxyl groups excluding tert-OH is 1. The number of aromatic nitrogens is 3. The highest BCUT2D eigenvalue weighted by atomic mass is 127. The molecule has 22 heavy (non-hydrogen) atoms. The van der Waals surface area contributed by atoms with Crippen LogP contribution in [0.15, 0.2) is 30.9 Å². The van der Waals surface area contributed by atoms with E-state index in [0.29, 0.717) is 15.7 Å². The van der Waals surface area contributed by atoms with Crippen LogP contribution in [0.5, 0.6) is 0 Å². The van der Waals surface area contributed by atoms with Gasteiger partial charge in [-0.15, -0.1) is 0 Å². The Morgan fingerprint density at radius 1 is 1.32 bits per heavy atom. The minimum atomic E-state index is -0.743. The number of rotatable bonds is 3. The molecule has 0 aliphatic rings. The highest BCUT2D eigenvalue weighted by Gasteiger charge is 2.30. The Morgan fingerprint density at radius 3 is 2.50 bits per heavy atom. The lowest BCUT2D eigenvalue weighted by Gasteiger charge is -2.29. The van der Waals surface area contributed by atoms with E-state index in [1.807, 2.05) is 26.8 Å². The molecule has 0 bridgehead atoms. The number of halogens is 3. The van der Waals surface area contributed by atoms with Crippen LogP contribution in [0, 0.1) is 5.41 Å². The summed E-state index contributed by atoms with van der Waals surface area (Å²) in [6, 6.07) is 5.28. The average molecular weight is 452 g/mol. The summed E-state index contributed by atoms with van der Waals surface area (Å²) in [7, 11) is 0. The molecule has 1 N–H and O–H groups in total. The molecule has 0 aliphatic carbocycles. The number of hydrogen-bond acceptors (Lipinski definition) is 3. The summed E-state index contributed by atoms with van der Waals surface area (Å²) >= 11 is 14.4. The molecule has 1 heterocycles. The van der Waals surface area contributed by atoms with Crippen LogP contribution in [0.2, 0.25) is 10.0 Å². The largest absolute Gasteiger partial charge is 0.386 e. The van der Waals surface area contributed by atoms with Gasteiger partial charge in [-0.05, 0) is 40.1 Å². The zero-order chi connectivity index (χ0) is 16.5. The third-order valence-electron chi connectivity index (χ3n) is 3.14. The summed E-state index contributed by atoms with van der Waals surface area (Å²) in [5.74, 6) is 0. The number of hydrogen-bond donors (Lipinski definition) is 1. The highest BCUT2D eigenvalue weighted by Crippen LogP contribution is 2.39. The zero-order valence-electron chi connectivity index (χ0n) is 12.4. The van der Waals surface area contributed by atoms with Gasteiger partial charge in [-0.3, -0.25) is 0 Å². The maximum absolute atomic E-state index is 10.8. The predicted molar refractivity (Wildman–Crippen MR) is 99.1 cm³/mol. The van der Waals surface area contributed by atoms with Gasteiger partial charge in [0.2, 0.25) is 0 Å². The summed E-state index contributed by atoms with van der Waals surface area (Å²) in [4.78, 5) is 3.97. The third kappa shape index (κ3) is 3.82. The number of nitrogens with zero attached hydrogens (tertiary/aromatic N) is 3. The molecule has 0 saturated heterocycles. The van der Waals surface area contributed by atoms with Crippen molar-refractivity contribution < 1.29 is 5.11 Å². The van der Waals surface area contributed by atoms with Gasteiger partial charge < -0.3 is 5.11 Å². The first kappa shape index (κ1) is 17.7. The van der Waals surface area contributed by atoms with E-state index in [0.717, 1.165) is 9.14 Å². The van der Waals surface area contributed by atoms with Crippen molar-refractivity contribution in [2.75, 3.05) is 0 Å². The quantitative estimate of drug-likeness (QED) is 0.685. The summed E-state index contributed by atoms with van der Waals surface area (Å²) < 4.78 is 2.37. The minimum Gasteiger partial charge on any atom is -0.386 e. The molecule has 0 amide bonds. The lowest BCUT2D eigenvalue weighted by molar-refractivity contribution is 0.109. The van der Waals surface area contributed by atoms with Gasteiger partial charge in [0.1, 0.15) is 18.8 Å². The van der Waals surface area contributed by atoms with E-state index in [4.69, 9.17) is 23.2 Å². The van der Waals surface area contributed by atoms with Gasteiger partial charge in [0.15, 0.2) is 0 Å². The standard InChI is InChI=1S/C15H16Cl2IN3O/c1-15(2,3)14(22)13(21-8-19-7-20-21)12(18)10-5-4-9(16)6-11(10)17/h4-8,14,22H,1-3H3. The smallest absolute Gasteiger partial charge is 0.138 e. The van der Waals surface area contributed by atoms with Gasteiger partial charge in [-0.2, -0.15) is 5.10 Å². The Hall–Kier alpha value is -0.630. The monoisotopic (exact) mass is 451 g/mol. The summed E-state index contributed by atoms with van der Waals surface area (Å²) in [6.07, 6.45) is 2.25. The van der Waals surface area contributed by atoms with Gasteiger partial charge >= 0.3 is 0 Å². The Kier molecular flexibility index (Phi) is 5.53. The summed E-state index contributed by atoms with van der Waals surface area (Å²) in [6.45, 7) is 5.88. The fourth-order valence-electron chi connectivity index (χ4n) is 1.89.